The maximum absolute atomic E-state index is 12.9. The van der Waals surface area contributed by atoms with Gasteiger partial charge in [0, 0.05) is 13.6 Å². The Kier molecular flexibility index (Phi) is 7.72. The van der Waals surface area contributed by atoms with E-state index in [1.807, 2.05) is 32.0 Å². The first-order chi connectivity index (χ1) is 13.2. The molecule has 0 bridgehead atoms. The zero-order valence-corrected chi connectivity index (χ0v) is 17.9. The second kappa shape index (κ2) is 9.80. The lowest BCUT2D eigenvalue weighted by atomic mass is 10.1. The first-order valence-electron chi connectivity index (χ1n) is 8.88. The van der Waals surface area contributed by atoms with E-state index in [2.05, 4.69) is 5.32 Å². The number of aryl methyl sites for hydroxylation is 2. The topological polar surface area (TPSA) is 58.6 Å². The Bertz CT molecular complexity index is 871. The van der Waals surface area contributed by atoms with E-state index in [0.717, 1.165) is 16.7 Å². The van der Waals surface area contributed by atoms with E-state index >= 15 is 0 Å². The molecule has 28 heavy (non-hydrogen) atoms. The van der Waals surface area contributed by atoms with Crippen LogP contribution in [-0.2, 0) is 16.1 Å². The Balaban J connectivity index is 2.19. The van der Waals surface area contributed by atoms with E-state index in [1.54, 1.807) is 25.1 Å². The van der Waals surface area contributed by atoms with Gasteiger partial charge in [-0.1, -0.05) is 41.4 Å². The van der Waals surface area contributed by atoms with Crippen molar-refractivity contribution < 1.29 is 14.3 Å². The van der Waals surface area contributed by atoms with E-state index in [0.29, 0.717) is 15.8 Å². The second-order valence-electron chi connectivity index (χ2n) is 6.62. The number of amides is 2. The zero-order chi connectivity index (χ0) is 20.8. The van der Waals surface area contributed by atoms with Crippen LogP contribution in [0.2, 0.25) is 10.0 Å². The van der Waals surface area contributed by atoms with Gasteiger partial charge in [0.25, 0.3) is 5.91 Å². The molecule has 7 heteroatoms. The van der Waals surface area contributed by atoms with Gasteiger partial charge in [-0.25, -0.2) is 0 Å². The third-order valence-electron chi connectivity index (χ3n) is 4.45. The largest absolute Gasteiger partial charge is 0.483 e. The van der Waals surface area contributed by atoms with Gasteiger partial charge in [-0.05, 0) is 55.7 Å². The van der Waals surface area contributed by atoms with Gasteiger partial charge in [-0.2, -0.15) is 0 Å². The summed E-state index contributed by atoms with van der Waals surface area (Å²) in [6.45, 7) is 5.58. The van der Waals surface area contributed by atoms with Gasteiger partial charge in [0.15, 0.2) is 6.61 Å². The van der Waals surface area contributed by atoms with Crippen molar-refractivity contribution in [2.45, 2.75) is 33.4 Å². The number of benzene rings is 2. The number of nitrogens with one attached hydrogen (secondary N) is 1. The van der Waals surface area contributed by atoms with Crippen molar-refractivity contribution in [3.05, 3.63) is 63.1 Å². The number of hydrogen-bond donors (Lipinski definition) is 1. The van der Waals surface area contributed by atoms with E-state index in [4.69, 9.17) is 27.9 Å². The maximum atomic E-state index is 12.9. The second-order valence-corrected chi connectivity index (χ2v) is 7.43. The highest BCUT2D eigenvalue weighted by molar-refractivity contribution is 6.42. The molecule has 150 valence electrons. The van der Waals surface area contributed by atoms with Crippen LogP contribution < -0.4 is 10.1 Å². The van der Waals surface area contributed by atoms with Crippen LogP contribution in [0, 0.1) is 13.8 Å². The van der Waals surface area contributed by atoms with Crippen molar-refractivity contribution in [1.29, 1.82) is 0 Å². The number of rotatable bonds is 7. The number of carbonyl (C=O) groups excluding carboxylic acids is 2. The van der Waals surface area contributed by atoms with Crippen LogP contribution in [-0.4, -0.2) is 36.4 Å². The first-order valence-corrected chi connectivity index (χ1v) is 9.63. The molecule has 0 spiro atoms. The summed E-state index contributed by atoms with van der Waals surface area (Å²) in [5.41, 5.74) is 2.75. The minimum absolute atomic E-state index is 0.174. The van der Waals surface area contributed by atoms with Gasteiger partial charge in [-0.15, -0.1) is 0 Å². The summed E-state index contributed by atoms with van der Waals surface area (Å²) in [5.74, 6) is 0.0821. The maximum Gasteiger partial charge on any atom is 0.261 e. The highest BCUT2D eigenvalue weighted by atomic mass is 35.5. The number of nitrogens with zero attached hydrogens (tertiary/aromatic N) is 1. The number of likely N-dealkylation sites (N-methyl/N-ethyl adjacent to an activating group) is 1. The van der Waals surface area contributed by atoms with Gasteiger partial charge in [0.1, 0.15) is 11.8 Å². The van der Waals surface area contributed by atoms with Crippen LogP contribution in [0.3, 0.4) is 0 Å². The summed E-state index contributed by atoms with van der Waals surface area (Å²) in [6.07, 6.45) is 0. The SMILES string of the molecule is CNC(=O)C(C)N(Cc1ccc(Cl)c(Cl)c1)C(=O)COc1cc(C)ccc1C. The molecule has 0 aromatic heterocycles. The molecule has 0 heterocycles. The molecule has 0 aliphatic carbocycles. The normalized spacial score (nSPS) is 11.6. The fourth-order valence-corrected chi connectivity index (χ4v) is 3.03. The van der Waals surface area contributed by atoms with Crippen molar-refractivity contribution in [3.8, 4) is 5.75 Å². The van der Waals surface area contributed by atoms with Crippen LogP contribution in [0.1, 0.15) is 23.6 Å². The summed E-state index contributed by atoms with van der Waals surface area (Å²) < 4.78 is 5.73. The minimum atomic E-state index is -0.672. The zero-order valence-electron chi connectivity index (χ0n) is 16.4. The molecule has 0 saturated carbocycles. The van der Waals surface area contributed by atoms with Crippen LogP contribution >= 0.6 is 23.2 Å². The number of ether oxygens (including phenoxy) is 1. The molecule has 5 nitrogen and oxygen atoms in total. The summed E-state index contributed by atoms with van der Waals surface area (Å²) in [7, 11) is 1.53. The molecule has 1 atom stereocenters. The number of carbonyl (C=O) groups is 2. The smallest absolute Gasteiger partial charge is 0.261 e. The molecule has 2 amide bonds. The molecule has 2 aromatic rings. The lowest BCUT2D eigenvalue weighted by Gasteiger charge is -2.28. The lowest BCUT2D eigenvalue weighted by molar-refractivity contribution is -0.142. The molecule has 1 unspecified atom stereocenters. The number of hydrogen-bond acceptors (Lipinski definition) is 3. The van der Waals surface area contributed by atoms with E-state index in [1.165, 1.54) is 11.9 Å². The average Bonchev–Trinajstić information content (AvgIpc) is 2.68. The van der Waals surface area contributed by atoms with Crippen LogP contribution in [0.25, 0.3) is 0 Å². The van der Waals surface area contributed by atoms with Gasteiger partial charge >= 0.3 is 0 Å². The van der Waals surface area contributed by atoms with E-state index in [9.17, 15) is 9.59 Å². The Morgan fingerprint density at radius 3 is 2.46 bits per heavy atom. The molecule has 1 N–H and O–H groups in total. The van der Waals surface area contributed by atoms with Crippen molar-refractivity contribution in [2.75, 3.05) is 13.7 Å². The Morgan fingerprint density at radius 2 is 1.82 bits per heavy atom. The minimum Gasteiger partial charge on any atom is -0.483 e. The van der Waals surface area contributed by atoms with Gasteiger partial charge < -0.3 is 15.0 Å². The quantitative estimate of drug-likeness (QED) is 0.728. The third-order valence-corrected chi connectivity index (χ3v) is 5.18. The molecule has 0 aliphatic heterocycles. The van der Waals surface area contributed by atoms with E-state index in [-0.39, 0.29) is 25.0 Å². The third kappa shape index (κ3) is 5.63. The summed E-state index contributed by atoms with van der Waals surface area (Å²) in [5, 5.41) is 3.40. The molecule has 0 aliphatic rings. The Morgan fingerprint density at radius 1 is 1.11 bits per heavy atom. The summed E-state index contributed by atoms with van der Waals surface area (Å²) in [6, 6.07) is 10.3. The highest BCUT2D eigenvalue weighted by Crippen LogP contribution is 2.24. The van der Waals surface area contributed by atoms with Crippen molar-refractivity contribution in [3.63, 3.8) is 0 Å². The fourth-order valence-electron chi connectivity index (χ4n) is 2.71. The fraction of sp³-hybridized carbons (Fsp3) is 0.333. The Labute approximate surface area is 175 Å². The average molecular weight is 423 g/mol. The predicted octanol–water partition coefficient (Wildman–Crippen LogP) is 4.15. The number of halogens is 2. The molecular weight excluding hydrogens is 399 g/mol. The standard InChI is InChI=1S/C21H24Cl2N2O3/c1-13-5-6-14(2)19(9-13)28-12-20(26)25(15(3)21(27)24-4)11-16-7-8-17(22)18(23)10-16/h5-10,15H,11-12H2,1-4H3,(H,24,27). The van der Waals surface area contributed by atoms with Crippen LogP contribution in [0.5, 0.6) is 5.75 Å². The molecule has 2 rings (SSSR count). The molecular formula is C21H24Cl2N2O3. The molecule has 0 fully saturated rings. The highest BCUT2D eigenvalue weighted by Gasteiger charge is 2.26. The molecule has 0 radical (unpaired) electrons. The molecule has 0 saturated heterocycles. The van der Waals surface area contributed by atoms with Crippen molar-refractivity contribution in [2.24, 2.45) is 0 Å². The summed E-state index contributed by atoms with van der Waals surface area (Å²) >= 11 is 12.0. The van der Waals surface area contributed by atoms with Crippen molar-refractivity contribution in [1.82, 2.24) is 10.2 Å². The van der Waals surface area contributed by atoms with Crippen LogP contribution in [0.15, 0.2) is 36.4 Å². The molecule has 2 aromatic carbocycles. The van der Waals surface area contributed by atoms with E-state index < -0.39 is 6.04 Å². The van der Waals surface area contributed by atoms with Gasteiger partial charge in [0.05, 0.1) is 10.0 Å². The van der Waals surface area contributed by atoms with Crippen LogP contribution in [0.4, 0.5) is 0 Å². The lowest BCUT2D eigenvalue weighted by Crippen LogP contribution is -2.48. The van der Waals surface area contributed by atoms with Gasteiger partial charge in [-0.3, -0.25) is 9.59 Å². The predicted molar refractivity (Wildman–Crippen MR) is 112 cm³/mol. The van der Waals surface area contributed by atoms with Crippen molar-refractivity contribution >= 4 is 35.0 Å². The summed E-state index contributed by atoms with van der Waals surface area (Å²) in [4.78, 5) is 26.5. The Hall–Kier alpha value is -2.24. The first kappa shape index (κ1) is 22.1. The monoisotopic (exact) mass is 422 g/mol. The van der Waals surface area contributed by atoms with Gasteiger partial charge in [0.2, 0.25) is 5.91 Å².